The van der Waals surface area contributed by atoms with E-state index in [0.29, 0.717) is 0 Å². The van der Waals surface area contributed by atoms with Crippen LogP contribution in [0.3, 0.4) is 0 Å². The molecule has 0 heterocycles. The first-order chi connectivity index (χ1) is 4.88. The van der Waals surface area contributed by atoms with Crippen molar-refractivity contribution in [3.63, 3.8) is 0 Å². The summed E-state index contributed by atoms with van der Waals surface area (Å²) in [5.74, 6) is -1.09. The Kier molecular flexibility index (Phi) is 3.23. The van der Waals surface area contributed by atoms with Gasteiger partial charge in [-0.3, -0.25) is 9.59 Å². The van der Waals surface area contributed by atoms with Gasteiger partial charge >= 0.3 is 11.9 Å². The lowest BCUT2D eigenvalue weighted by Crippen LogP contribution is -2.25. The molecule has 0 aromatic rings. The molecule has 3 nitrogen and oxygen atoms in total. The first-order valence-corrected chi connectivity index (χ1v) is 3.43. The second-order valence-electron chi connectivity index (χ2n) is 3.25. The lowest BCUT2D eigenvalue weighted by Gasteiger charge is -2.14. The van der Waals surface area contributed by atoms with Gasteiger partial charge in [0.15, 0.2) is 0 Å². The number of esters is 2. The van der Waals surface area contributed by atoms with E-state index >= 15 is 0 Å². The summed E-state index contributed by atoms with van der Waals surface area (Å²) in [7, 11) is 0. The van der Waals surface area contributed by atoms with Gasteiger partial charge in [0.1, 0.15) is 0 Å². The largest absolute Gasteiger partial charge is 0.393 e. The Bertz CT molecular complexity index is 165. The number of rotatable bonds is 1. The standard InChI is InChI=1S/C8H13O3/c1-5-6(9)11-7(10)8(2,3)4/h5H,1-4H3. The molecule has 63 valence electrons. The topological polar surface area (TPSA) is 43.4 Å². The van der Waals surface area contributed by atoms with E-state index in [1.807, 2.05) is 0 Å². The average Bonchev–Trinajstić information content (AvgIpc) is 1.85. The average molecular weight is 157 g/mol. The van der Waals surface area contributed by atoms with E-state index in [9.17, 15) is 9.59 Å². The molecule has 0 saturated carbocycles. The second-order valence-corrected chi connectivity index (χ2v) is 3.25. The van der Waals surface area contributed by atoms with Crippen molar-refractivity contribution in [3.05, 3.63) is 6.42 Å². The van der Waals surface area contributed by atoms with Crippen molar-refractivity contribution in [2.75, 3.05) is 0 Å². The van der Waals surface area contributed by atoms with Gasteiger partial charge < -0.3 is 4.74 Å². The highest BCUT2D eigenvalue weighted by Gasteiger charge is 2.24. The molecular weight excluding hydrogens is 144 g/mol. The van der Waals surface area contributed by atoms with Crippen LogP contribution in [0.25, 0.3) is 0 Å². The van der Waals surface area contributed by atoms with Gasteiger partial charge in [0.25, 0.3) is 0 Å². The van der Waals surface area contributed by atoms with Crippen molar-refractivity contribution < 1.29 is 14.3 Å². The number of carbonyl (C=O) groups excluding carboxylic acids is 2. The molecule has 0 rings (SSSR count). The molecule has 0 amide bonds. The third kappa shape index (κ3) is 3.75. The number of carbonyl (C=O) groups is 2. The monoisotopic (exact) mass is 157 g/mol. The number of ether oxygens (including phenoxy) is 1. The Hall–Kier alpha value is -0.860. The summed E-state index contributed by atoms with van der Waals surface area (Å²) < 4.78 is 4.43. The van der Waals surface area contributed by atoms with Gasteiger partial charge in [-0.25, -0.2) is 0 Å². The molecule has 1 radical (unpaired) electrons. The molecule has 3 heteroatoms. The fraction of sp³-hybridized carbons (Fsp3) is 0.625. The molecule has 0 aromatic heterocycles. The van der Waals surface area contributed by atoms with Crippen molar-refractivity contribution in [1.29, 1.82) is 0 Å². The van der Waals surface area contributed by atoms with E-state index < -0.39 is 17.4 Å². The molecule has 11 heavy (non-hydrogen) atoms. The van der Waals surface area contributed by atoms with Crippen molar-refractivity contribution in [1.82, 2.24) is 0 Å². The normalized spacial score (nSPS) is 10.9. The summed E-state index contributed by atoms with van der Waals surface area (Å²) in [6.45, 7) is 6.60. The van der Waals surface area contributed by atoms with Gasteiger partial charge in [-0.05, 0) is 20.8 Å². The lowest BCUT2D eigenvalue weighted by molar-refractivity contribution is -0.163. The van der Waals surface area contributed by atoms with E-state index in [4.69, 9.17) is 0 Å². The van der Waals surface area contributed by atoms with Crippen LogP contribution in [0, 0.1) is 11.8 Å². The van der Waals surface area contributed by atoms with Crippen LogP contribution in [0.4, 0.5) is 0 Å². The molecule has 0 saturated heterocycles. The molecule has 0 aromatic carbocycles. The van der Waals surface area contributed by atoms with Crippen LogP contribution in [0.1, 0.15) is 27.7 Å². The van der Waals surface area contributed by atoms with E-state index in [0.717, 1.165) is 0 Å². The molecule has 0 spiro atoms. The molecule has 0 aliphatic heterocycles. The Balaban J connectivity index is 3.99. The van der Waals surface area contributed by atoms with Crippen LogP contribution in [0.5, 0.6) is 0 Å². The van der Waals surface area contributed by atoms with Gasteiger partial charge in [0, 0.05) is 0 Å². The summed E-state index contributed by atoms with van der Waals surface area (Å²) in [4.78, 5) is 21.5. The van der Waals surface area contributed by atoms with E-state index in [1.165, 1.54) is 13.3 Å². The molecule has 0 aliphatic carbocycles. The first-order valence-electron chi connectivity index (χ1n) is 3.43. The minimum atomic E-state index is -0.612. The zero-order chi connectivity index (χ0) is 9.07. The van der Waals surface area contributed by atoms with Crippen LogP contribution < -0.4 is 0 Å². The minimum absolute atomic E-state index is 0.499. The Morgan fingerprint density at radius 1 is 1.27 bits per heavy atom. The predicted octanol–water partition coefficient (Wildman–Crippen LogP) is 1.33. The zero-order valence-corrected chi connectivity index (χ0v) is 7.30. The second kappa shape index (κ2) is 3.51. The van der Waals surface area contributed by atoms with Crippen LogP contribution >= 0.6 is 0 Å². The fourth-order valence-corrected chi connectivity index (χ4v) is 0.303. The maximum absolute atomic E-state index is 11.0. The van der Waals surface area contributed by atoms with Crippen LogP contribution in [0.2, 0.25) is 0 Å². The molecule has 0 N–H and O–H groups in total. The van der Waals surface area contributed by atoms with Gasteiger partial charge in [0.2, 0.25) is 0 Å². The summed E-state index contributed by atoms with van der Waals surface area (Å²) in [6.07, 6.45) is 1.21. The summed E-state index contributed by atoms with van der Waals surface area (Å²) in [5.41, 5.74) is -0.612. The molecular formula is C8H13O3. The lowest BCUT2D eigenvalue weighted by atomic mass is 9.97. The van der Waals surface area contributed by atoms with Crippen molar-refractivity contribution in [2.24, 2.45) is 5.41 Å². The van der Waals surface area contributed by atoms with Crippen molar-refractivity contribution >= 4 is 11.9 Å². The highest BCUT2D eigenvalue weighted by atomic mass is 16.6. The minimum Gasteiger partial charge on any atom is -0.393 e. The smallest absolute Gasteiger partial charge is 0.318 e. The van der Waals surface area contributed by atoms with Gasteiger partial charge in [-0.15, -0.1) is 0 Å². The van der Waals surface area contributed by atoms with Crippen LogP contribution in [0.15, 0.2) is 0 Å². The maximum atomic E-state index is 11.0. The third-order valence-electron chi connectivity index (χ3n) is 1.04. The summed E-state index contributed by atoms with van der Waals surface area (Å²) >= 11 is 0. The SMILES string of the molecule is C[CH]C(=O)OC(=O)C(C)(C)C. The molecule has 0 bridgehead atoms. The van der Waals surface area contributed by atoms with Crippen LogP contribution in [-0.2, 0) is 14.3 Å². The van der Waals surface area contributed by atoms with Gasteiger partial charge in [-0.1, -0.05) is 6.92 Å². The van der Waals surface area contributed by atoms with Crippen LogP contribution in [-0.4, -0.2) is 11.9 Å². The zero-order valence-electron chi connectivity index (χ0n) is 7.30. The fourth-order valence-electron chi connectivity index (χ4n) is 0.303. The summed E-state index contributed by atoms with van der Waals surface area (Å²) in [5, 5.41) is 0. The molecule has 0 fully saturated rings. The Labute approximate surface area is 66.7 Å². The Morgan fingerprint density at radius 2 is 1.73 bits per heavy atom. The van der Waals surface area contributed by atoms with Crippen molar-refractivity contribution in [3.8, 4) is 0 Å². The van der Waals surface area contributed by atoms with Crippen molar-refractivity contribution in [2.45, 2.75) is 27.7 Å². The highest BCUT2D eigenvalue weighted by Crippen LogP contribution is 2.15. The predicted molar refractivity (Wildman–Crippen MR) is 40.5 cm³/mol. The van der Waals surface area contributed by atoms with E-state index in [-0.39, 0.29) is 0 Å². The van der Waals surface area contributed by atoms with Gasteiger partial charge in [-0.2, -0.15) is 0 Å². The van der Waals surface area contributed by atoms with E-state index in [1.54, 1.807) is 20.8 Å². The third-order valence-corrected chi connectivity index (χ3v) is 1.04. The maximum Gasteiger partial charge on any atom is 0.318 e. The molecule has 0 unspecified atom stereocenters. The van der Waals surface area contributed by atoms with Gasteiger partial charge in [0.05, 0.1) is 11.8 Å². The number of hydrogen-bond acceptors (Lipinski definition) is 3. The van der Waals surface area contributed by atoms with E-state index in [2.05, 4.69) is 4.74 Å². The number of hydrogen-bond donors (Lipinski definition) is 0. The Morgan fingerprint density at radius 3 is 2.00 bits per heavy atom. The summed E-state index contributed by atoms with van der Waals surface area (Å²) in [6, 6.07) is 0. The quantitative estimate of drug-likeness (QED) is 0.426. The molecule has 0 aliphatic rings. The highest BCUT2D eigenvalue weighted by molar-refractivity contribution is 5.91. The first kappa shape index (κ1) is 10.1. The molecule has 0 atom stereocenters.